The second-order valence-corrected chi connectivity index (χ2v) is 8.44. The number of amides is 2. The number of fused-ring (bicyclic) bond motifs is 1. The van der Waals surface area contributed by atoms with E-state index in [9.17, 15) is 9.59 Å². The molecule has 33 heavy (non-hydrogen) atoms. The molecular weight excluding hydrogens is 416 g/mol. The van der Waals surface area contributed by atoms with E-state index in [1.54, 1.807) is 6.07 Å². The largest absolute Gasteiger partial charge is 0.370 e. The summed E-state index contributed by atoms with van der Waals surface area (Å²) in [6.07, 6.45) is 0. The van der Waals surface area contributed by atoms with E-state index < -0.39 is 0 Å². The summed E-state index contributed by atoms with van der Waals surface area (Å²) >= 11 is 0. The predicted molar refractivity (Wildman–Crippen MR) is 132 cm³/mol. The number of hydrogen-bond donors (Lipinski definition) is 2. The van der Waals surface area contributed by atoms with Crippen LogP contribution in [0.1, 0.15) is 18.3 Å². The third-order valence-electron chi connectivity index (χ3n) is 6.10. The topological polar surface area (TPSA) is 84.6 Å². The van der Waals surface area contributed by atoms with Crippen LogP contribution in [0.3, 0.4) is 0 Å². The zero-order valence-corrected chi connectivity index (χ0v) is 19.4. The maximum atomic E-state index is 12.6. The molecule has 1 saturated heterocycles. The number of nitrogens with one attached hydrogen (secondary N) is 2. The summed E-state index contributed by atoms with van der Waals surface area (Å²) in [6, 6.07) is 15.8. The highest BCUT2D eigenvalue weighted by Gasteiger charge is 2.21. The molecule has 0 saturated carbocycles. The molecule has 0 bridgehead atoms. The molecule has 174 valence electrons. The first-order valence-electron chi connectivity index (χ1n) is 11.6. The molecule has 8 heteroatoms. The summed E-state index contributed by atoms with van der Waals surface area (Å²) in [5, 5.41) is 3.66. The fraction of sp³-hybridized carbons (Fsp3) is 0.400. The lowest BCUT2D eigenvalue weighted by Gasteiger charge is -2.34. The number of urea groups is 1. The molecule has 4 rings (SSSR count). The van der Waals surface area contributed by atoms with E-state index in [-0.39, 0.29) is 11.6 Å². The molecule has 1 fully saturated rings. The monoisotopic (exact) mass is 448 g/mol. The van der Waals surface area contributed by atoms with Gasteiger partial charge in [-0.2, -0.15) is 0 Å². The number of carbonyl (C=O) groups is 1. The number of aromatic nitrogens is 2. The quantitative estimate of drug-likeness (QED) is 0.580. The van der Waals surface area contributed by atoms with Gasteiger partial charge in [-0.3, -0.25) is 9.69 Å². The Morgan fingerprint density at radius 1 is 1.12 bits per heavy atom. The zero-order chi connectivity index (χ0) is 23.2. The molecule has 2 amide bonds. The van der Waals surface area contributed by atoms with Gasteiger partial charge in [-0.25, -0.2) is 9.78 Å². The Bertz CT molecular complexity index is 1150. The molecule has 2 heterocycles. The number of para-hydroxylation sites is 1. The van der Waals surface area contributed by atoms with Crippen molar-refractivity contribution in [3.8, 4) is 0 Å². The van der Waals surface area contributed by atoms with Gasteiger partial charge in [-0.15, -0.1) is 0 Å². The van der Waals surface area contributed by atoms with Gasteiger partial charge in [0.25, 0.3) is 5.56 Å². The Balaban J connectivity index is 1.24. The molecule has 3 aromatic rings. The Morgan fingerprint density at radius 3 is 2.67 bits per heavy atom. The zero-order valence-electron chi connectivity index (χ0n) is 19.4. The normalized spacial score (nSPS) is 14.4. The summed E-state index contributed by atoms with van der Waals surface area (Å²) in [5.74, 6) is 0.660. The Morgan fingerprint density at radius 2 is 1.91 bits per heavy atom. The second kappa shape index (κ2) is 10.5. The van der Waals surface area contributed by atoms with E-state index in [0.717, 1.165) is 26.2 Å². The molecule has 0 atom stereocenters. The first-order valence-corrected chi connectivity index (χ1v) is 11.6. The van der Waals surface area contributed by atoms with Crippen LogP contribution in [-0.2, 0) is 6.54 Å². The van der Waals surface area contributed by atoms with Gasteiger partial charge in [0.1, 0.15) is 5.82 Å². The number of carbonyl (C=O) groups excluding carboxylic acids is 1. The number of aromatic amines is 1. The smallest absolute Gasteiger partial charge is 0.317 e. The number of H-pyrrole nitrogens is 1. The standard InChI is InChI=1S/C25H32N6O2/c1-3-30(20-8-6-7-19(2)17-20)12-11-26-25(33)31-15-13-29(14-16-31)18-23-27-22-10-5-4-9-21(22)24(32)28-23/h4-10,17H,3,11-16,18H2,1-2H3,(H,26,33)(H,27,28,32). The highest BCUT2D eigenvalue weighted by atomic mass is 16.2. The van der Waals surface area contributed by atoms with Crippen molar-refractivity contribution >= 4 is 22.6 Å². The van der Waals surface area contributed by atoms with Crippen molar-refractivity contribution < 1.29 is 4.79 Å². The first kappa shape index (κ1) is 22.8. The number of likely N-dealkylation sites (N-methyl/N-ethyl adjacent to an activating group) is 1. The van der Waals surface area contributed by atoms with E-state index in [2.05, 4.69) is 63.2 Å². The lowest BCUT2D eigenvalue weighted by Crippen LogP contribution is -2.52. The van der Waals surface area contributed by atoms with E-state index in [0.29, 0.717) is 42.9 Å². The van der Waals surface area contributed by atoms with Gasteiger partial charge in [0.2, 0.25) is 0 Å². The molecule has 1 aromatic heterocycles. The molecule has 1 aliphatic heterocycles. The number of aryl methyl sites for hydroxylation is 1. The third-order valence-corrected chi connectivity index (χ3v) is 6.10. The second-order valence-electron chi connectivity index (χ2n) is 8.44. The molecule has 0 aliphatic carbocycles. The number of benzene rings is 2. The van der Waals surface area contributed by atoms with Crippen LogP contribution in [0, 0.1) is 6.92 Å². The Labute approximate surface area is 194 Å². The van der Waals surface area contributed by atoms with Gasteiger partial charge in [0, 0.05) is 51.5 Å². The lowest BCUT2D eigenvalue weighted by atomic mass is 10.2. The minimum Gasteiger partial charge on any atom is -0.370 e. The minimum absolute atomic E-state index is 0.0211. The van der Waals surface area contributed by atoms with Crippen LogP contribution >= 0.6 is 0 Å². The maximum Gasteiger partial charge on any atom is 0.317 e. The minimum atomic E-state index is -0.111. The van der Waals surface area contributed by atoms with Gasteiger partial charge in [-0.05, 0) is 43.7 Å². The maximum absolute atomic E-state index is 12.6. The summed E-state index contributed by atoms with van der Waals surface area (Å²) in [7, 11) is 0. The van der Waals surface area contributed by atoms with Crippen molar-refractivity contribution in [3.05, 3.63) is 70.3 Å². The number of piperazine rings is 1. The number of nitrogens with zero attached hydrogens (tertiary/aromatic N) is 4. The summed E-state index contributed by atoms with van der Waals surface area (Å²) in [6.45, 7) is 9.84. The SMILES string of the molecule is CCN(CCNC(=O)N1CCN(Cc2nc3ccccc3c(=O)[nH]2)CC1)c1cccc(C)c1. The van der Waals surface area contributed by atoms with Crippen molar-refractivity contribution in [2.24, 2.45) is 0 Å². The average Bonchev–Trinajstić information content (AvgIpc) is 2.82. The van der Waals surface area contributed by atoms with Crippen LogP contribution in [0.4, 0.5) is 10.5 Å². The molecule has 2 aromatic carbocycles. The van der Waals surface area contributed by atoms with E-state index in [1.807, 2.05) is 23.1 Å². The van der Waals surface area contributed by atoms with Crippen LogP contribution in [0.25, 0.3) is 10.9 Å². The van der Waals surface area contributed by atoms with Crippen molar-refractivity contribution in [1.82, 2.24) is 25.1 Å². The average molecular weight is 449 g/mol. The van der Waals surface area contributed by atoms with Crippen molar-refractivity contribution in [3.63, 3.8) is 0 Å². The van der Waals surface area contributed by atoms with Crippen LogP contribution in [0.2, 0.25) is 0 Å². The predicted octanol–water partition coefficient (Wildman–Crippen LogP) is 2.59. The van der Waals surface area contributed by atoms with Crippen LogP contribution < -0.4 is 15.8 Å². The van der Waals surface area contributed by atoms with E-state index in [4.69, 9.17) is 0 Å². The molecule has 8 nitrogen and oxygen atoms in total. The molecule has 0 radical (unpaired) electrons. The van der Waals surface area contributed by atoms with Gasteiger partial charge >= 0.3 is 6.03 Å². The summed E-state index contributed by atoms with van der Waals surface area (Å²) < 4.78 is 0. The fourth-order valence-electron chi connectivity index (χ4n) is 4.23. The van der Waals surface area contributed by atoms with Gasteiger partial charge in [-0.1, -0.05) is 24.3 Å². The number of rotatable bonds is 7. The van der Waals surface area contributed by atoms with E-state index >= 15 is 0 Å². The Hall–Kier alpha value is -3.39. The lowest BCUT2D eigenvalue weighted by molar-refractivity contribution is 0.133. The van der Waals surface area contributed by atoms with Crippen molar-refractivity contribution in [1.29, 1.82) is 0 Å². The summed E-state index contributed by atoms with van der Waals surface area (Å²) in [4.78, 5) is 38.7. The highest BCUT2D eigenvalue weighted by molar-refractivity contribution is 5.77. The van der Waals surface area contributed by atoms with Crippen molar-refractivity contribution in [2.75, 3.05) is 50.7 Å². The van der Waals surface area contributed by atoms with Gasteiger partial charge in [0.15, 0.2) is 0 Å². The molecule has 1 aliphatic rings. The number of anilines is 1. The van der Waals surface area contributed by atoms with Gasteiger partial charge < -0.3 is 20.1 Å². The van der Waals surface area contributed by atoms with Crippen LogP contribution in [0.5, 0.6) is 0 Å². The Kier molecular flexibility index (Phi) is 7.24. The molecule has 0 unspecified atom stereocenters. The third kappa shape index (κ3) is 5.70. The van der Waals surface area contributed by atoms with E-state index in [1.165, 1.54) is 11.3 Å². The van der Waals surface area contributed by atoms with Crippen molar-refractivity contribution in [2.45, 2.75) is 20.4 Å². The molecule has 0 spiro atoms. The van der Waals surface area contributed by atoms with Crippen LogP contribution in [0.15, 0.2) is 53.3 Å². The first-order chi connectivity index (χ1) is 16.0. The molecular formula is C25H32N6O2. The highest BCUT2D eigenvalue weighted by Crippen LogP contribution is 2.15. The van der Waals surface area contributed by atoms with Gasteiger partial charge in [0.05, 0.1) is 17.4 Å². The fourth-order valence-corrected chi connectivity index (χ4v) is 4.23. The van der Waals surface area contributed by atoms with Crippen LogP contribution in [-0.4, -0.2) is 71.6 Å². The number of hydrogen-bond acceptors (Lipinski definition) is 5. The molecule has 2 N–H and O–H groups in total. The summed E-state index contributed by atoms with van der Waals surface area (Å²) in [5.41, 5.74) is 3.01.